The zero-order chi connectivity index (χ0) is 20.5. The van der Waals surface area contributed by atoms with E-state index in [2.05, 4.69) is 20.9 Å². The monoisotopic (exact) mass is 393 g/mol. The number of aromatic nitrogens is 3. The molecule has 1 atom stereocenters. The Morgan fingerprint density at radius 3 is 2.38 bits per heavy atom. The Hall–Kier alpha value is -3.68. The maximum atomic E-state index is 12.2. The van der Waals surface area contributed by atoms with Crippen molar-refractivity contribution in [3.63, 3.8) is 0 Å². The molecule has 2 aromatic carbocycles. The Bertz CT molecular complexity index is 928. The lowest BCUT2D eigenvalue weighted by molar-refractivity contribution is -0.122. The van der Waals surface area contributed by atoms with E-state index in [1.165, 1.54) is 0 Å². The van der Waals surface area contributed by atoms with Crippen LogP contribution in [-0.4, -0.2) is 33.0 Å². The maximum Gasteiger partial charge on any atom is 0.408 e. The molecule has 1 aromatic heterocycles. The number of nitrogens with one attached hydrogen (secondary N) is 2. The molecule has 0 aliphatic carbocycles. The largest absolute Gasteiger partial charge is 0.445 e. The summed E-state index contributed by atoms with van der Waals surface area (Å²) in [4.78, 5) is 24.0. The molecular weight excluding hydrogens is 370 g/mol. The van der Waals surface area contributed by atoms with Gasteiger partial charge in [0.2, 0.25) is 5.91 Å². The van der Waals surface area contributed by atoms with Gasteiger partial charge in [0.1, 0.15) is 18.3 Å². The smallest absolute Gasteiger partial charge is 0.408 e. The minimum atomic E-state index is -0.738. The van der Waals surface area contributed by atoms with Crippen molar-refractivity contribution in [3.05, 3.63) is 83.7 Å². The van der Waals surface area contributed by atoms with E-state index in [1.807, 2.05) is 60.7 Å². The first-order valence-corrected chi connectivity index (χ1v) is 9.28. The van der Waals surface area contributed by atoms with Gasteiger partial charge in [0.25, 0.3) is 0 Å². The van der Waals surface area contributed by atoms with Crippen LogP contribution in [0, 0.1) is 0 Å². The van der Waals surface area contributed by atoms with Gasteiger partial charge in [-0.25, -0.2) is 9.48 Å². The van der Waals surface area contributed by atoms with Crippen LogP contribution < -0.4 is 10.6 Å². The first-order valence-electron chi connectivity index (χ1n) is 9.28. The number of nitrogens with zero attached hydrogens (tertiary/aromatic N) is 3. The molecule has 0 aliphatic heterocycles. The minimum Gasteiger partial charge on any atom is -0.445 e. The summed E-state index contributed by atoms with van der Waals surface area (Å²) in [7, 11) is 0. The molecule has 0 spiro atoms. The van der Waals surface area contributed by atoms with Gasteiger partial charge in [-0.2, -0.15) is 0 Å². The molecule has 0 unspecified atom stereocenters. The molecule has 0 aliphatic rings. The summed E-state index contributed by atoms with van der Waals surface area (Å²) >= 11 is 0. The second kappa shape index (κ2) is 10.0. The van der Waals surface area contributed by atoms with Crippen LogP contribution in [-0.2, 0) is 29.2 Å². The van der Waals surface area contributed by atoms with Gasteiger partial charge in [0.05, 0.1) is 19.3 Å². The summed E-state index contributed by atoms with van der Waals surface area (Å²) < 4.78 is 6.82. The molecule has 0 fully saturated rings. The SMILES string of the molecule is C[C@@H](NC(=O)OCc1ccccc1)C(=O)NCc1cn(Cc2ccccc2)nn1. The maximum absolute atomic E-state index is 12.2. The van der Waals surface area contributed by atoms with Crippen LogP contribution in [0.3, 0.4) is 0 Å². The van der Waals surface area contributed by atoms with E-state index >= 15 is 0 Å². The Morgan fingerprint density at radius 1 is 1.03 bits per heavy atom. The third kappa shape index (κ3) is 6.46. The Labute approximate surface area is 168 Å². The number of hydrogen-bond donors (Lipinski definition) is 2. The lowest BCUT2D eigenvalue weighted by Gasteiger charge is -2.13. The van der Waals surface area contributed by atoms with E-state index in [0.717, 1.165) is 11.1 Å². The second-order valence-electron chi connectivity index (χ2n) is 6.54. The van der Waals surface area contributed by atoms with Gasteiger partial charge < -0.3 is 15.4 Å². The molecule has 3 aromatic rings. The molecule has 0 saturated heterocycles. The van der Waals surface area contributed by atoms with Gasteiger partial charge in [0.15, 0.2) is 0 Å². The summed E-state index contributed by atoms with van der Waals surface area (Å²) in [5.74, 6) is -0.334. The zero-order valence-corrected chi connectivity index (χ0v) is 16.1. The summed E-state index contributed by atoms with van der Waals surface area (Å²) in [6, 6.07) is 18.5. The number of carbonyl (C=O) groups is 2. The van der Waals surface area contributed by atoms with Crippen molar-refractivity contribution >= 4 is 12.0 Å². The average Bonchev–Trinajstić information content (AvgIpc) is 3.19. The number of alkyl carbamates (subject to hydrolysis) is 1. The second-order valence-corrected chi connectivity index (χ2v) is 6.54. The van der Waals surface area contributed by atoms with Crippen molar-refractivity contribution in [2.24, 2.45) is 0 Å². The molecule has 0 saturated carbocycles. The standard InChI is InChI=1S/C21H23N5O3/c1-16(23-21(28)29-15-18-10-6-3-7-11-18)20(27)22-12-19-14-26(25-24-19)13-17-8-4-2-5-9-17/h2-11,14,16H,12-13,15H2,1H3,(H,22,27)(H,23,28)/t16-/m1/s1. The Morgan fingerprint density at radius 2 is 1.69 bits per heavy atom. The van der Waals surface area contributed by atoms with Gasteiger partial charge in [-0.1, -0.05) is 65.9 Å². The molecule has 0 bridgehead atoms. The van der Waals surface area contributed by atoms with Gasteiger partial charge in [0, 0.05) is 0 Å². The fourth-order valence-corrected chi connectivity index (χ4v) is 2.61. The topological polar surface area (TPSA) is 98.1 Å². The van der Waals surface area contributed by atoms with Crippen LogP contribution >= 0.6 is 0 Å². The van der Waals surface area contributed by atoms with Crippen molar-refractivity contribution in [3.8, 4) is 0 Å². The summed E-state index contributed by atoms with van der Waals surface area (Å²) in [6.45, 7) is 2.56. The molecule has 150 valence electrons. The first-order chi connectivity index (χ1) is 14.1. The average molecular weight is 393 g/mol. The van der Waals surface area contributed by atoms with E-state index in [9.17, 15) is 9.59 Å². The third-order valence-corrected chi connectivity index (χ3v) is 4.16. The predicted octanol–water partition coefficient (Wildman–Crippen LogP) is 2.26. The molecule has 8 heteroatoms. The zero-order valence-electron chi connectivity index (χ0n) is 16.1. The van der Waals surface area contributed by atoms with Gasteiger partial charge in [-0.15, -0.1) is 5.10 Å². The van der Waals surface area contributed by atoms with Crippen molar-refractivity contribution in [2.45, 2.75) is 32.7 Å². The molecule has 1 heterocycles. The fraction of sp³-hybridized carbons (Fsp3) is 0.238. The highest BCUT2D eigenvalue weighted by atomic mass is 16.5. The number of rotatable bonds is 8. The number of benzene rings is 2. The van der Waals surface area contributed by atoms with Crippen LogP contribution in [0.2, 0.25) is 0 Å². The number of amides is 2. The number of carbonyl (C=O) groups excluding carboxylic acids is 2. The summed E-state index contributed by atoms with van der Waals surface area (Å²) in [6.07, 6.45) is 1.13. The van der Waals surface area contributed by atoms with E-state index in [1.54, 1.807) is 17.8 Å². The van der Waals surface area contributed by atoms with Gasteiger partial charge in [-0.05, 0) is 18.1 Å². The molecule has 8 nitrogen and oxygen atoms in total. The minimum absolute atomic E-state index is 0.144. The molecule has 29 heavy (non-hydrogen) atoms. The van der Waals surface area contributed by atoms with Crippen molar-refractivity contribution in [1.82, 2.24) is 25.6 Å². The first kappa shape index (κ1) is 20.1. The fourth-order valence-electron chi connectivity index (χ4n) is 2.61. The van der Waals surface area contributed by atoms with E-state index in [0.29, 0.717) is 12.2 Å². The lowest BCUT2D eigenvalue weighted by Crippen LogP contribution is -2.44. The van der Waals surface area contributed by atoms with Crippen molar-refractivity contribution < 1.29 is 14.3 Å². The summed E-state index contributed by atoms with van der Waals surface area (Å²) in [5, 5.41) is 13.4. The summed E-state index contributed by atoms with van der Waals surface area (Å²) in [5.41, 5.74) is 2.62. The van der Waals surface area contributed by atoms with Crippen LogP contribution in [0.1, 0.15) is 23.7 Å². The highest BCUT2D eigenvalue weighted by molar-refractivity contribution is 5.85. The van der Waals surface area contributed by atoms with Crippen LogP contribution in [0.25, 0.3) is 0 Å². The normalized spacial score (nSPS) is 11.5. The van der Waals surface area contributed by atoms with Crippen LogP contribution in [0.5, 0.6) is 0 Å². The van der Waals surface area contributed by atoms with Gasteiger partial charge >= 0.3 is 6.09 Å². The quantitative estimate of drug-likeness (QED) is 0.612. The lowest BCUT2D eigenvalue weighted by atomic mass is 10.2. The number of hydrogen-bond acceptors (Lipinski definition) is 5. The van der Waals surface area contributed by atoms with E-state index in [4.69, 9.17) is 4.74 Å². The van der Waals surface area contributed by atoms with E-state index in [-0.39, 0.29) is 19.1 Å². The highest BCUT2D eigenvalue weighted by Gasteiger charge is 2.16. The number of ether oxygens (including phenoxy) is 1. The van der Waals surface area contributed by atoms with Crippen LogP contribution in [0.15, 0.2) is 66.9 Å². The molecule has 3 rings (SSSR count). The van der Waals surface area contributed by atoms with Crippen molar-refractivity contribution in [1.29, 1.82) is 0 Å². The third-order valence-electron chi connectivity index (χ3n) is 4.16. The van der Waals surface area contributed by atoms with Crippen molar-refractivity contribution in [2.75, 3.05) is 0 Å². The Kier molecular flexibility index (Phi) is 6.94. The molecule has 0 radical (unpaired) electrons. The Balaban J connectivity index is 1.40. The van der Waals surface area contributed by atoms with Gasteiger partial charge in [-0.3, -0.25) is 4.79 Å². The molecular formula is C21H23N5O3. The van der Waals surface area contributed by atoms with E-state index < -0.39 is 12.1 Å². The molecule has 2 N–H and O–H groups in total. The van der Waals surface area contributed by atoms with Crippen LogP contribution in [0.4, 0.5) is 4.79 Å². The highest BCUT2D eigenvalue weighted by Crippen LogP contribution is 2.03. The predicted molar refractivity (Wildman–Crippen MR) is 107 cm³/mol. The molecule has 2 amide bonds.